The molecule has 1 aliphatic heterocycles. The van der Waals surface area contributed by atoms with Gasteiger partial charge in [-0.25, -0.2) is 0 Å². The Balaban J connectivity index is 2.44. The van der Waals surface area contributed by atoms with Gasteiger partial charge in [-0.3, -0.25) is 0 Å². The van der Waals surface area contributed by atoms with Gasteiger partial charge in [0, 0.05) is 23.2 Å². The zero-order valence-electron chi connectivity index (χ0n) is 10.9. The first-order valence-electron chi connectivity index (χ1n) is 6.05. The van der Waals surface area contributed by atoms with Crippen LogP contribution in [-0.4, -0.2) is 11.7 Å². The highest BCUT2D eigenvalue weighted by molar-refractivity contribution is 5.78. The van der Waals surface area contributed by atoms with Crippen molar-refractivity contribution in [2.75, 3.05) is 6.67 Å². The molecule has 0 unspecified atom stereocenters. The third kappa shape index (κ3) is 2.56. The predicted octanol–water partition coefficient (Wildman–Crippen LogP) is 3.00. The normalized spacial score (nSPS) is 17.8. The fourth-order valence-corrected chi connectivity index (χ4v) is 1.87. The molecule has 0 spiro atoms. The van der Waals surface area contributed by atoms with Crippen molar-refractivity contribution in [1.29, 1.82) is 0 Å². The number of nitrogens with one attached hydrogen (secondary N) is 3. The second kappa shape index (κ2) is 5.45. The van der Waals surface area contributed by atoms with Gasteiger partial charge in [-0.2, -0.15) is 0 Å². The SMILES string of the molecule is C=Cc1ccc(C2=CNCN/C=C\C(C)=C2C)[nH]1. The van der Waals surface area contributed by atoms with Crippen molar-refractivity contribution in [2.24, 2.45) is 0 Å². The van der Waals surface area contributed by atoms with Gasteiger partial charge in [-0.05, 0) is 55.5 Å². The Morgan fingerprint density at radius 3 is 2.78 bits per heavy atom. The van der Waals surface area contributed by atoms with Gasteiger partial charge in [0.05, 0.1) is 6.67 Å². The van der Waals surface area contributed by atoms with E-state index in [1.165, 1.54) is 16.7 Å². The van der Waals surface area contributed by atoms with E-state index in [2.05, 4.69) is 48.2 Å². The first-order chi connectivity index (χ1) is 8.72. The Hall–Kier alpha value is -2.16. The number of hydrogen-bond acceptors (Lipinski definition) is 2. The molecule has 1 aliphatic rings. The van der Waals surface area contributed by atoms with Crippen LogP contribution in [-0.2, 0) is 0 Å². The quantitative estimate of drug-likeness (QED) is 0.745. The first kappa shape index (κ1) is 12.3. The monoisotopic (exact) mass is 241 g/mol. The summed E-state index contributed by atoms with van der Waals surface area (Å²) in [4.78, 5) is 3.35. The van der Waals surface area contributed by atoms with E-state index in [1.807, 2.05) is 24.5 Å². The Bertz CT molecular complexity index is 530. The highest BCUT2D eigenvalue weighted by atomic mass is 15.0. The lowest BCUT2D eigenvalue weighted by Gasteiger charge is -2.09. The summed E-state index contributed by atoms with van der Waals surface area (Å²) in [7, 11) is 0. The van der Waals surface area contributed by atoms with Crippen LogP contribution in [0.15, 0.2) is 48.3 Å². The van der Waals surface area contributed by atoms with Crippen molar-refractivity contribution in [1.82, 2.24) is 15.6 Å². The van der Waals surface area contributed by atoms with Gasteiger partial charge in [0.2, 0.25) is 0 Å². The van der Waals surface area contributed by atoms with E-state index in [0.717, 1.165) is 18.1 Å². The molecular weight excluding hydrogens is 222 g/mol. The maximum Gasteiger partial charge on any atom is 0.0840 e. The summed E-state index contributed by atoms with van der Waals surface area (Å²) in [6.07, 6.45) is 7.91. The number of aromatic nitrogens is 1. The van der Waals surface area contributed by atoms with Gasteiger partial charge in [-0.15, -0.1) is 0 Å². The summed E-state index contributed by atoms with van der Waals surface area (Å²) in [6.45, 7) is 8.74. The molecule has 0 aliphatic carbocycles. The van der Waals surface area contributed by atoms with Gasteiger partial charge < -0.3 is 15.6 Å². The maximum absolute atomic E-state index is 3.77. The van der Waals surface area contributed by atoms with Crippen LogP contribution < -0.4 is 10.6 Å². The van der Waals surface area contributed by atoms with Crippen molar-refractivity contribution in [3.63, 3.8) is 0 Å². The molecule has 94 valence electrons. The lowest BCUT2D eigenvalue weighted by Crippen LogP contribution is -2.20. The molecule has 0 bridgehead atoms. The molecule has 0 atom stereocenters. The third-order valence-electron chi connectivity index (χ3n) is 3.12. The zero-order valence-corrected chi connectivity index (χ0v) is 10.9. The van der Waals surface area contributed by atoms with Gasteiger partial charge in [0.25, 0.3) is 0 Å². The van der Waals surface area contributed by atoms with Crippen LogP contribution >= 0.6 is 0 Å². The molecule has 1 aromatic rings. The van der Waals surface area contributed by atoms with Crippen molar-refractivity contribution in [2.45, 2.75) is 13.8 Å². The summed E-state index contributed by atoms with van der Waals surface area (Å²) in [6, 6.07) is 4.11. The number of H-pyrrole nitrogens is 1. The third-order valence-corrected chi connectivity index (χ3v) is 3.12. The smallest absolute Gasteiger partial charge is 0.0840 e. The number of hydrogen-bond donors (Lipinski definition) is 3. The summed E-state index contributed by atoms with van der Waals surface area (Å²) in [5.41, 5.74) is 5.80. The van der Waals surface area contributed by atoms with Crippen LogP contribution in [0.3, 0.4) is 0 Å². The minimum atomic E-state index is 0.718. The van der Waals surface area contributed by atoms with E-state index in [4.69, 9.17) is 0 Å². The van der Waals surface area contributed by atoms with E-state index in [9.17, 15) is 0 Å². The van der Waals surface area contributed by atoms with Crippen molar-refractivity contribution >= 4 is 11.6 Å². The van der Waals surface area contributed by atoms with E-state index in [1.54, 1.807) is 0 Å². The molecule has 0 saturated carbocycles. The highest BCUT2D eigenvalue weighted by Gasteiger charge is 2.08. The predicted molar refractivity (Wildman–Crippen MR) is 77.5 cm³/mol. The van der Waals surface area contributed by atoms with Crippen LogP contribution in [0.1, 0.15) is 25.2 Å². The van der Waals surface area contributed by atoms with Crippen LogP contribution in [0.5, 0.6) is 0 Å². The number of allylic oxidation sites excluding steroid dienone is 4. The number of rotatable bonds is 2. The molecular formula is C15H19N3. The van der Waals surface area contributed by atoms with Crippen LogP contribution in [0, 0.1) is 0 Å². The van der Waals surface area contributed by atoms with E-state index in [-0.39, 0.29) is 0 Å². The minimum Gasteiger partial charge on any atom is -0.374 e. The maximum atomic E-state index is 3.77. The largest absolute Gasteiger partial charge is 0.374 e. The first-order valence-corrected chi connectivity index (χ1v) is 6.05. The fourth-order valence-electron chi connectivity index (χ4n) is 1.87. The molecule has 0 saturated heterocycles. The minimum absolute atomic E-state index is 0.718. The Kier molecular flexibility index (Phi) is 3.72. The number of aromatic amines is 1. The highest BCUT2D eigenvalue weighted by Crippen LogP contribution is 2.25. The van der Waals surface area contributed by atoms with Gasteiger partial charge in [-0.1, -0.05) is 6.58 Å². The van der Waals surface area contributed by atoms with Crippen LogP contribution in [0.25, 0.3) is 11.6 Å². The second-order valence-corrected chi connectivity index (χ2v) is 4.32. The van der Waals surface area contributed by atoms with E-state index >= 15 is 0 Å². The molecule has 0 radical (unpaired) electrons. The summed E-state index contributed by atoms with van der Waals surface area (Å²) in [5.74, 6) is 0. The van der Waals surface area contributed by atoms with Crippen LogP contribution in [0.2, 0.25) is 0 Å². The second-order valence-electron chi connectivity index (χ2n) is 4.32. The topological polar surface area (TPSA) is 39.8 Å². The van der Waals surface area contributed by atoms with Crippen molar-refractivity contribution in [3.8, 4) is 0 Å². The summed E-state index contributed by atoms with van der Waals surface area (Å²) < 4.78 is 0. The molecule has 0 fully saturated rings. The average Bonchev–Trinajstić information content (AvgIpc) is 2.86. The molecule has 3 heteroatoms. The molecule has 0 aromatic carbocycles. The van der Waals surface area contributed by atoms with Gasteiger partial charge >= 0.3 is 0 Å². The molecule has 18 heavy (non-hydrogen) atoms. The molecule has 3 N–H and O–H groups in total. The lowest BCUT2D eigenvalue weighted by molar-refractivity contribution is 0.772. The molecule has 1 aromatic heterocycles. The van der Waals surface area contributed by atoms with Crippen LogP contribution in [0.4, 0.5) is 0 Å². The summed E-state index contributed by atoms with van der Waals surface area (Å²) >= 11 is 0. The standard InChI is InChI=1S/C15H19N3/c1-4-13-5-6-15(18-13)14-9-17-10-16-8-7-11(2)12(14)3/h4-9,16-18H,1,10H2,2-3H3/b8-7-,12-11?,14-9?. The Morgan fingerprint density at radius 2 is 2.06 bits per heavy atom. The Morgan fingerprint density at radius 1 is 1.22 bits per heavy atom. The zero-order chi connectivity index (χ0) is 13.0. The fraction of sp³-hybridized carbons (Fsp3) is 0.200. The Labute approximate surface area is 108 Å². The van der Waals surface area contributed by atoms with Crippen molar-refractivity contribution < 1.29 is 0 Å². The van der Waals surface area contributed by atoms with E-state index < -0.39 is 0 Å². The molecule has 3 nitrogen and oxygen atoms in total. The average molecular weight is 241 g/mol. The summed E-state index contributed by atoms with van der Waals surface area (Å²) in [5, 5.41) is 6.42. The van der Waals surface area contributed by atoms with Crippen molar-refractivity contribution in [3.05, 3.63) is 59.7 Å². The molecule has 2 rings (SSSR count). The molecule has 0 amide bonds. The molecule has 2 heterocycles. The van der Waals surface area contributed by atoms with E-state index in [0.29, 0.717) is 0 Å². The lowest BCUT2D eigenvalue weighted by atomic mass is 10.0. The van der Waals surface area contributed by atoms with Gasteiger partial charge in [0.15, 0.2) is 0 Å². The van der Waals surface area contributed by atoms with Gasteiger partial charge in [0.1, 0.15) is 0 Å².